The highest BCUT2D eigenvalue weighted by Crippen LogP contribution is 2.31. The Bertz CT molecular complexity index is 819. The summed E-state index contributed by atoms with van der Waals surface area (Å²) in [5.74, 6) is -2.41. The van der Waals surface area contributed by atoms with Crippen molar-refractivity contribution in [1.29, 1.82) is 0 Å². The summed E-state index contributed by atoms with van der Waals surface area (Å²) in [6.45, 7) is 2.27. The van der Waals surface area contributed by atoms with Gasteiger partial charge in [0.15, 0.2) is 0 Å². The van der Waals surface area contributed by atoms with Crippen LogP contribution >= 0.6 is 0 Å². The number of carbonyl (C=O) groups is 2. The van der Waals surface area contributed by atoms with Gasteiger partial charge in [-0.2, -0.15) is 26.3 Å². The van der Waals surface area contributed by atoms with Gasteiger partial charge in [0.05, 0.1) is 12.0 Å². The van der Waals surface area contributed by atoms with E-state index >= 15 is 0 Å². The summed E-state index contributed by atoms with van der Waals surface area (Å²) in [5.41, 5.74) is -1.60. The molecule has 12 heteroatoms. The van der Waals surface area contributed by atoms with Gasteiger partial charge in [0.25, 0.3) is 5.91 Å². The molecule has 1 N–H and O–H groups in total. The Morgan fingerprint density at radius 3 is 2.30 bits per heavy atom. The van der Waals surface area contributed by atoms with Gasteiger partial charge < -0.3 is 15.1 Å². The third-order valence-electron chi connectivity index (χ3n) is 5.44. The molecule has 1 aliphatic heterocycles. The number of rotatable bonds is 8. The summed E-state index contributed by atoms with van der Waals surface area (Å²) >= 11 is 0. The van der Waals surface area contributed by atoms with E-state index in [9.17, 15) is 40.3 Å². The fourth-order valence-corrected chi connectivity index (χ4v) is 3.66. The lowest BCUT2D eigenvalue weighted by Gasteiger charge is -2.34. The molecule has 2 amide bonds. The van der Waals surface area contributed by atoms with Crippen molar-refractivity contribution >= 4 is 11.8 Å². The Balaban J connectivity index is 1.76. The van der Waals surface area contributed by atoms with Crippen LogP contribution in [0.1, 0.15) is 41.6 Å². The molecule has 2 rings (SSSR count). The minimum Gasteiger partial charge on any atom is -0.355 e. The molecular weight excluding hydrogens is 459 g/mol. The van der Waals surface area contributed by atoms with E-state index in [0.717, 1.165) is 6.07 Å². The van der Waals surface area contributed by atoms with E-state index in [-0.39, 0.29) is 18.0 Å². The van der Waals surface area contributed by atoms with Crippen LogP contribution in [-0.2, 0) is 11.0 Å². The number of halogens is 7. The van der Waals surface area contributed by atoms with Gasteiger partial charge in [-0.25, -0.2) is 4.39 Å². The molecule has 0 atom stereocenters. The third-order valence-corrected chi connectivity index (χ3v) is 5.44. The van der Waals surface area contributed by atoms with Crippen molar-refractivity contribution in [2.75, 3.05) is 39.8 Å². The molecular formula is C21H26F7N3O2. The summed E-state index contributed by atoms with van der Waals surface area (Å²) in [6.07, 6.45) is -9.53. The number of carbonyl (C=O) groups excluding carboxylic acids is 2. The molecule has 186 valence electrons. The predicted octanol–water partition coefficient (Wildman–Crippen LogP) is 4.09. The average Bonchev–Trinajstić information content (AvgIpc) is 2.71. The first kappa shape index (κ1) is 26.9. The Kier molecular flexibility index (Phi) is 9.10. The molecule has 0 aliphatic carbocycles. The Hall–Kier alpha value is -2.37. The van der Waals surface area contributed by atoms with E-state index < -0.39 is 48.4 Å². The highest BCUT2D eigenvalue weighted by Gasteiger charge is 2.32. The van der Waals surface area contributed by atoms with E-state index in [1.54, 1.807) is 0 Å². The number of amides is 2. The number of benzene rings is 1. The van der Waals surface area contributed by atoms with E-state index in [1.807, 2.05) is 4.90 Å². The lowest BCUT2D eigenvalue weighted by atomic mass is 9.96. The van der Waals surface area contributed by atoms with Crippen LogP contribution < -0.4 is 5.32 Å². The van der Waals surface area contributed by atoms with Crippen molar-refractivity contribution in [1.82, 2.24) is 15.1 Å². The van der Waals surface area contributed by atoms with E-state index in [2.05, 4.69) is 5.32 Å². The van der Waals surface area contributed by atoms with Crippen molar-refractivity contribution in [3.63, 3.8) is 0 Å². The molecule has 33 heavy (non-hydrogen) atoms. The standard InChI is InChI=1S/C21H26F7N3O2/c1-30(19(33)15-10-16(21(26,27)28)12-17(22)11-15)13-14-3-7-31(8-4-14)9-6-29-18(32)2-5-20(23,24)25/h10-12,14H,2-9,13H2,1H3,(H,29,32). The van der Waals surface area contributed by atoms with Crippen LogP contribution in [0.4, 0.5) is 30.7 Å². The van der Waals surface area contributed by atoms with E-state index in [1.165, 1.54) is 11.9 Å². The second-order valence-corrected chi connectivity index (χ2v) is 8.16. The molecule has 1 saturated heterocycles. The zero-order valence-electron chi connectivity index (χ0n) is 18.0. The zero-order valence-corrected chi connectivity index (χ0v) is 18.0. The zero-order chi connectivity index (χ0) is 24.8. The smallest absolute Gasteiger partial charge is 0.355 e. The molecule has 1 heterocycles. The number of hydrogen-bond acceptors (Lipinski definition) is 3. The van der Waals surface area contributed by atoms with Crippen LogP contribution in [0.25, 0.3) is 0 Å². The maximum absolute atomic E-state index is 13.6. The third kappa shape index (κ3) is 9.18. The Labute approximate surface area is 186 Å². The molecule has 0 radical (unpaired) electrons. The molecule has 1 aromatic rings. The Morgan fingerprint density at radius 1 is 1.09 bits per heavy atom. The molecule has 0 bridgehead atoms. The van der Waals surface area contributed by atoms with Crippen LogP contribution in [0, 0.1) is 11.7 Å². The molecule has 0 aromatic heterocycles. The fourth-order valence-electron chi connectivity index (χ4n) is 3.66. The van der Waals surface area contributed by atoms with Crippen LogP contribution in [0.3, 0.4) is 0 Å². The quantitative estimate of drug-likeness (QED) is 0.565. The minimum absolute atomic E-state index is 0.0900. The van der Waals surface area contributed by atoms with Crippen LogP contribution in [0.5, 0.6) is 0 Å². The molecule has 0 spiro atoms. The highest BCUT2D eigenvalue weighted by atomic mass is 19.4. The lowest BCUT2D eigenvalue weighted by molar-refractivity contribution is -0.144. The molecule has 1 fully saturated rings. The van der Waals surface area contributed by atoms with Crippen LogP contribution in [0.2, 0.25) is 0 Å². The van der Waals surface area contributed by atoms with Crippen molar-refractivity contribution < 1.29 is 40.3 Å². The number of likely N-dealkylation sites (tertiary alicyclic amines) is 1. The number of alkyl halides is 6. The van der Waals surface area contributed by atoms with Gasteiger partial charge in [0, 0.05) is 38.7 Å². The summed E-state index contributed by atoms with van der Waals surface area (Å²) in [5, 5.41) is 2.45. The van der Waals surface area contributed by atoms with Gasteiger partial charge in [-0.3, -0.25) is 9.59 Å². The van der Waals surface area contributed by atoms with Crippen molar-refractivity contribution in [2.45, 2.75) is 38.0 Å². The SMILES string of the molecule is CN(CC1CCN(CCNC(=O)CCC(F)(F)F)CC1)C(=O)c1cc(F)cc(C(F)(F)F)c1. The van der Waals surface area contributed by atoms with Gasteiger partial charge in [-0.1, -0.05) is 0 Å². The largest absolute Gasteiger partial charge is 0.416 e. The summed E-state index contributed by atoms with van der Waals surface area (Å²) < 4.78 is 88.5. The molecule has 0 unspecified atom stereocenters. The average molecular weight is 485 g/mol. The molecule has 1 aliphatic rings. The number of hydrogen-bond donors (Lipinski definition) is 1. The van der Waals surface area contributed by atoms with Crippen LogP contribution in [0.15, 0.2) is 18.2 Å². The fraction of sp³-hybridized carbons (Fsp3) is 0.619. The monoisotopic (exact) mass is 485 g/mol. The number of piperidine rings is 1. The maximum atomic E-state index is 13.6. The first-order valence-electron chi connectivity index (χ1n) is 10.4. The van der Waals surface area contributed by atoms with E-state index in [4.69, 9.17) is 0 Å². The van der Waals surface area contributed by atoms with Gasteiger partial charge in [0.2, 0.25) is 5.91 Å². The predicted molar refractivity (Wildman–Crippen MR) is 106 cm³/mol. The summed E-state index contributed by atoms with van der Waals surface area (Å²) in [4.78, 5) is 27.2. The van der Waals surface area contributed by atoms with Gasteiger partial charge in [-0.05, 0) is 50.0 Å². The van der Waals surface area contributed by atoms with Crippen molar-refractivity contribution in [3.8, 4) is 0 Å². The highest BCUT2D eigenvalue weighted by molar-refractivity contribution is 5.94. The van der Waals surface area contributed by atoms with Crippen LogP contribution in [-0.4, -0.2) is 67.6 Å². The molecule has 5 nitrogen and oxygen atoms in total. The van der Waals surface area contributed by atoms with E-state index in [0.29, 0.717) is 51.2 Å². The second-order valence-electron chi connectivity index (χ2n) is 8.16. The molecule has 1 aromatic carbocycles. The summed E-state index contributed by atoms with van der Waals surface area (Å²) in [7, 11) is 1.45. The normalized spacial score (nSPS) is 16.0. The lowest BCUT2D eigenvalue weighted by Crippen LogP contribution is -2.42. The topological polar surface area (TPSA) is 52.6 Å². The molecule has 0 saturated carbocycles. The van der Waals surface area contributed by atoms with Gasteiger partial charge in [0.1, 0.15) is 5.82 Å². The second kappa shape index (κ2) is 11.2. The van der Waals surface area contributed by atoms with Gasteiger partial charge >= 0.3 is 12.4 Å². The summed E-state index contributed by atoms with van der Waals surface area (Å²) in [6, 6.07) is 1.75. The number of nitrogens with one attached hydrogen (secondary N) is 1. The maximum Gasteiger partial charge on any atom is 0.416 e. The minimum atomic E-state index is -4.76. The van der Waals surface area contributed by atoms with Crippen molar-refractivity contribution in [3.05, 3.63) is 35.1 Å². The number of nitrogens with zero attached hydrogens (tertiary/aromatic N) is 2. The Morgan fingerprint density at radius 2 is 1.73 bits per heavy atom. The van der Waals surface area contributed by atoms with Crippen molar-refractivity contribution in [2.24, 2.45) is 5.92 Å². The first-order valence-corrected chi connectivity index (χ1v) is 10.4. The first-order chi connectivity index (χ1) is 15.2. The van der Waals surface area contributed by atoms with Gasteiger partial charge in [-0.15, -0.1) is 0 Å².